The number of carbonyl (C=O) groups is 2. The highest BCUT2D eigenvalue weighted by molar-refractivity contribution is 6.06. The van der Waals surface area contributed by atoms with Gasteiger partial charge in [-0.15, -0.1) is 0 Å². The monoisotopic (exact) mass is 364 g/mol. The Morgan fingerprint density at radius 2 is 1.73 bits per heavy atom. The molecule has 1 N–H and O–H groups in total. The summed E-state index contributed by atoms with van der Waals surface area (Å²) in [6.45, 7) is 3.69. The van der Waals surface area contributed by atoms with Crippen LogP contribution in [0.3, 0.4) is 0 Å². The highest BCUT2D eigenvalue weighted by Gasteiger charge is 2.32. The SMILES string of the molecule is CCN(C)C(=O)c1cccc(C(=O)Nc2ccc(C)c(C(F)(F)F)c2)c1. The first-order chi connectivity index (χ1) is 12.1. The number of alkyl halides is 3. The van der Waals surface area contributed by atoms with E-state index in [4.69, 9.17) is 0 Å². The highest BCUT2D eigenvalue weighted by Crippen LogP contribution is 2.33. The van der Waals surface area contributed by atoms with Gasteiger partial charge in [-0.1, -0.05) is 12.1 Å². The van der Waals surface area contributed by atoms with E-state index in [9.17, 15) is 22.8 Å². The fourth-order valence-corrected chi connectivity index (χ4v) is 2.37. The van der Waals surface area contributed by atoms with Gasteiger partial charge in [0.15, 0.2) is 0 Å². The van der Waals surface area contributed by atoms with E-state index >= 15 is 0 Å². The zero-order valence-electron chi connectivity index (χ0n) is 14.6. The molecule has 2 aromatic carbocycles. The fraction of sp³-hybridized carbons (Fsp3) is 0.263. The van der Waals surface area contributed by atoms with Crippen molar-refractivity contribution in [3.8, 4) is 0 Å². The van der Waals surface area contributed by atoms with Crippen molar-refractivity contribution < 1.29 is 22.8 Å². The van der Waals surface area contributed by atoms with Crippen LogP contribution in [0.5, 0.6) is 0 Å². The van der Waals surface area contributed by atoms with Crippen LogP contribution < -0.4 is 5.32 Å². The van der Waals surface area contributed by atoms with Crippen LogP contribution in [0.2, 0.25) is 0 Å². The third kappa shape index (κ3) is 4.41. The Morgan fingerprint density at radius 3 is 2.35 bits per heavy atom. The molecule has 0 unspecified atom stereocenters. The molecule has 138 valence electrons. The standard InChI is InChI=1S/C19H19F3N2O2/c1-4-24(3)18(26)14-7-5-6-13(10-14)17(25)23-15-9-8-12(2)16(11-15)19(20,21)22/h5-11H,4H2,1-3H3,(H,23,25). The largest absolute Gasteiger partial charge is 0.416 e. The number of anilines is 1. The minimum atomic E-state index is -4.50. The van der Waals surface area contributed by atoms with Crippen LogP contribution >= 0.6 is 0 Å². The van der Waals surface area contributed by atoms with Gasteiger partial charge in [0.2, 0.25) is 0 Å². The van der Waals surface area contributed by atoms with Gasteiger partial charge in [-0.2, -0.15) is 13.2 Å². The van der Waals surface area contributed by atoms with Gasteiger partial charge in [0.25, 0.3) is 11.8 Å². The molecular weight excluding hydrogens is 345 g/mol. The Kier molecular flexibility index (Phi) is 5.69. The summed E-state index contributed by atoms with van der Waals surface area (Å²) in [6, 6.07) is 9.66. The van der Waals surface area contributed by atoms with Crippen molar-refractivity contribution >= 4 is 17.5 Å². The first-order valence-corrected chi connectivity index (χ1v) is 7.98. The summed E-state index contributed by atoms with van der Waals surface area (Å²) < 4.78 is 39.0. The second kappa shape index (κ2) is 7.59. The second-order valence-corrected chi connectivity index (χ2v) is 5.88. The quantitative estimate of drug-likeness (QED) is 0.876. The fourth-order valence-electron chi connectivity index (χ4n) is 2.37. The molecule has 2 amide bonds. The van der Waals surface area contributed by atoms with Gasteiger partial charge >= 0.3 is 6.18 Å². The highest BCUT2D eigenvalue weighted by atomic mass is 19.4. The molecule has 0 aliphatic rings. The molecule has 0 atom stereocenters. The smallest absolute Gasteiger partial charge is 0.342 e. The lowest BCUT2D eigenvalue weighted by molar-refractivity contribution is -0.138. The van der Waals surface area contributed by atoms with Crippen molar-refractivity contribution in [2.24, 2.45) is 0 Å². The molecule has 2 aromatic rings. The number of carbonyl (C=O) groups excluding carboxylic acids is 2. The van der Waals surface area contributed by atoms with E-state index in [2.05, 4.69) is 5.32 Å². The van der Waals surface area contributed by atoms with E-state index in [-0.39, 0.29) is 22.7 Å². The molecule has 0 aliphatic heterocycles. The van der Waals surface area contributed by atoms with Crippen LogP contribution in [-0.2, 0) is 6.18 Å². The van der Waals surface area contributed by atoms with Crippen LogP contribution in [0.4, 0.5) is 18.9 Å². The third-order valence-corrected chi connectivity index (χ3v) is 3.99. The van der Waals surface area contributed by atoms with Gasteiger partial charge in [0.05, 0.1) is 5.56 Å². The number of nitrogens with one attached hydrogen (secondary N) is 1. The zero-order chi connectivity index (χ0) is 19.5. The molecular formula is C19H19F3N2O2. The molecule has 0 aliphatic carbocycles. The molecule has 7 heteroatoms. The van der Waals surface area contributed by atoms with E-state index in [1.807, 2.05) is 6.92 Å². The lowest BCUT2D eigenvalue weighted by Gasteiger charge is -2.15. The van der Waals surface area contributed by atoms with Crippen LogP contribution in [0.25, 0.3) is 0 Å². The Balaban J connectivity index is 2.25. The average Bonchev–Trinajstić information content (AvgIpc) is 2.61. The number of rotatable bonds is 4. The minimum Gasteiger partial charge on any atom is -0.342 e. The Labute approximate surface area is 149 Å². The summed E-state index contributed by atoms with van der Waals surface area (Å²) in [5.41, 5.74) is -0.166. The molecule has 0 heterocycles. The van der Waals surface area contributed by atoms with Gasteiger partial charge < -0.3 is 10.2 Å². The first-order valence-electron chi connectivity index (χ1n) is 7.98. The summed E-state index contributed by atoms with van der Waals surface area (Å²) >= 11 is 0. The molecule has 0 saturated carbocycles. The lowest BCUT2D eigenvalue weighted by atomic mass is 10.1. The number of hydrogen-bond acceptors (Lipinski definition) is 2. The Bertz CT molecular complexity index is 832. The molecule has 0 saturated heterocycles. The van der Waals surface area contributed by atoms with Crippen LogP contribution in [0.15, 0.2) is 42.5 Å². The van der Waals surface area contributed by atoms with E-state index in [1.165, 1.54) is 36.1 Å². The Hall–Kier alpha value is -2.83. The van der Waals surface area contributed by atoms with Crippen molar-refractivity contribution in [1.82, 2.24) is 4.90 Å². The van der Waals surface area contributed by atoms with Gasteiger partial charge in [-0.05, 0) is 49.7 Å². The van der Waals surface area contributed by atoms with Crippen LogP contribution in [0, 0.1) is 6.92 Å². The van der Waals surface area contributed by atoms with Crippen molar-refractivity contribution in [1.29, 1.82) is 0 Å². The summed E-state index contributed by atoms with van der Waals surface area (Å²) in [4.78, 5) is 26.0. The van der Waals surface area contributed by atoms with Gasteiger partial charge in [-0.3, -0.25) is 9.59 Å². The summed E-state index contributed by atoms with van der Waals surface area (Å²) in [6.07, 6.45) is -4.50. The molecule has 0 bridgehead atoms. The average molecular weight is 364 g/mol. The van der Waals surface area contributed by atoms with Crippen molar-refractivity contribution in [2.75, 3.05) is 18.9 Å². The van der Waals surface area contributed by atoms with E-state index < -0.39 is 17.6 Å². The number of hydrogen-bond donors (Lipinski definition) is 1. The molecule has 0 aromatic heterocycles. The molecule has 2 rings (SSSR count). The number of benzene rings is 2. The number of halogens is 3. The lowest BCUT2D eigenvalue weighted by Crippen LogP contribution is -2.26. The van der Waals surface area contributed by atoms with Crippen LogP contribution in [0.1, 0.15) is 38.8 Å². The van der Waals surface area contributed by atoms with Crippen molar-refractivity contribution in [3.63, 3.8) is 0 Å². The topological polar surface area (TPSA) is 49.4 Å². The second-order valence-electron chi connectivity index (χ2n) is 5.88. The first kappa shape index (κ1) is 19.5. The maximum atomic E-state index is 13.0. The van der Waals surface area contributed by atoms with Crippen molar-refractivity contribution in [2.45, 2.75) is 20.0 Å². The minimum absolute atomic E-state index is 0.0373. The van der Waals surface area contributed by atoms with E-state index in [1.54, 1.807) is 19.2 Å². The van der Waals surface area contributed by atoms with Crippen LogP contribution in [-0.4, -0.2) is 30.3 Å². The molecule has 0 spiro atoms. The number of amides is 2. The van der Waals surface area contributed by atoms with Crippen molar-refractivity contribution in [3.05, 3.63) is 64.7 Å². The maximum Gasteiger partial charge on any atom is 0.416 e. The molecule has 4 nitrogen and oxygen atoms in total. The van der Waals surface area contributed by atoms with E-state index in [0.717, 1.165) is 6.07 Å². The van der Waals surface area contributed by atoms with E-state index in [0.29, 0.717) is 12.1 Å². The molecule has 26 heavy (non-hydrogen) atoms. The summed E-state index contributed by atoms with van der Waals surface area (Å²) in [5, 5.41) is 2.44. The predicted octanol–water partition coefficient (Wildman–Crippen LogP) is 4.36. The third-order valence-electron chi connectivity index (χ3n) is 3.99. The van der Waals surface area contributed by atoms with Gasteiger partial charge in [-0.25, -0.2) is 0 Å². The summed E-state index contributed by atoms with van der Waals surface area (Å²) in [7, 11) is 1.64. The predicted molar refractivity (Wildman–Crippen MR) is 93.2 cm³/mol. The van der Waals surface area contributed by atoms with Gasteiger partial charge in [0.1, 0.15) is 0 Å². The summed E-state index contributed by atoms with van der Waals surface area (Å²) in [5.74, 6) is -0.826. The number of nitrogens with zero attached hydrogens (tertiary/aromatic N) is 1. The zero-order valence-corrected chi connectivity index (χ0v) is 14.6. The Morgan fingerprint density at radius 1 is 1.08 bits per heavy atom. The molecule has 0 fully saturated rings. The maximum absolute atomic E-state index is 13.0. The molecule has 0 radical (unpaired) electrons. The number of aryl methyl sites for hydroxylation is 1. The normalized spacial score (nSPS) is 11.2. The van der Waals surface area contributed by atoms with Gasteiger partial charge in [0, 0.05) is 30.4 Å².